The molecule has 0 spiro atoms. The Labute approximate surface area is 72.1 Å². The van der Waals surface area contributed by atoms with Crippen LogP contribution in [0, 0.1) is 0 Å². The standard InChI is InChI=1S/C9H14O3/c1-2-9(11)12-8-5-3-7(10)4-6-8/h8H,2-6H2,1H3. The molecule has 1 fully saturated rings. The van der Waals surface area contributed by atoms with Gasteiger partial charge in [0.2, 0.25) is 0 Å². The van der Waals surface area contributed by atoms with Crippen LogP contribution in [0.1, 0.15) is 39.0 Å². The summed E-state index contributed by atoms with van der Waals surface area (Å²) in [5, 5.41) is 0. The SMILES string of the molecule is CCC(=O)OC1CCC(=O)CC1. The van der Waals surface area contributed by atoms with Gasteiger partial charge in [-0.05, 0) is 12.8 Å². The first-order chi connectivity index (χ1) is 5.72. The molecular formula is C9H14O3. The molecule has 0 radical (unpaired) electrons. The number of esters is 1. The lowest BCUT2D eigenvalue weighted by Crippen LogP contribution is -2.23. The smallest absolute Gasteiger partial charge is 0.305 e. The fraction of sp³-hybridized carbons (Fsp3) is 0.778. The largest absolute Gasteiger partial charge is 0.462 e. The Morgan fingerprint density at radius 2 is 2.08 bits per heavy atom. The normalized spacial score (nSPS) is 19.2. The van der Waals surface area contributed by atoms with E-state index < -0.39 is 0 Å². The van der Waals surface area contributed by atoms with E-state index in [9.17, 15) is 9.59 Å². The first kappa shape index (κ1) is 9.23. The summed E-state index contributed by atoms with van der Waals surface area (Å²) < 4.78 is 5.10. The predicted molar refractivity (Wildman–Crippen MR) is 43.6 cm³/mol. The summed E-state index contributed by atoms with van der Waals surface area (Å²) in [5.74, 6) is 0.133. The Bertz CT molecular complexity index is 176. The fourth-order valence-electron chi connectivity index (χ4n) is 1.30. The third kappa shape index (κ3) is 2.64. The molecule has 12 heavy (non-hydrogen) atoms. The average Bonchev–Trinajstić information content (AvgIpc) is 2.09. The summed E-state index contributed by atoms with van der Waals surface area (Å²) in [6.07, 6.45) is 2.98. The quantitative estimate of drug-likeness (QED) is 0.589. The number of rotatable bonds is 2. The molecule has 0 heterocycles. The minimum absolute atomic E-state index is 0.00449. The van der Waals surface area contributed by atoms with Crippen molar-refractivity contribution < 1.29 is 14.3 Å². The maximum atomic E-state index is 10.9. The van der Waals surface area contributed by atoms with Crippen LogP contribution in [0.2, 0.25) is 0 Å². The fourth-order valence-corrected chi connectivity index (χ4v) is 1.30. The van der Waals surface area contributed by atoms with Gasteiger partial charge in [0.1, 0.15) is 11.9 Å². The highest BCUT2D eigenvalue weighted by Crippen LogP contribution is 2.18. The van der Waals surface area contributed by atoms with E-state index in [0.29, 0.717) is 37.9 Å². The van der Waals surface area contributed by atoms with Crippen LogP contribution in [0.15, 0.2) is 0 Å². The van der Waals surface area contributed by atoms with Gasteiger partial charge in [-0.2, -0.15) is 0 Å². The molecule has 0 saturated heterocycles. The topological polar surface area (TPSA) is 43.4 Å². The van der Waals surface area contributed by atoms with E-state index in [0.717, 1.165) is 0 Å². The Morgan fingerprint density at radius 3 is 2.58 bits per heavy atom. The van der Waals surface area contributed by atoms with E-state index in [1.807, 2.05) is 0 Å². The van der Waals surface area contributed by atoms with Crippen molar-refractivity contribution in [2.24, 2.45) is 0 Å². The van der Waals surface area contributed by atoms with Crippen LogP contribution in [0.3, 0.4) is 0 Å². The molecule has 0 bridgehead atoms. The lowest BCUT2D eigenvalue weighted by atomic mass is 9.96. The van der Waals surface area contributed by atoms with Gasteiger partial charge < -0.3 is 4.74 Å². The van der Waals surface area contributed by atoms with E-state index in [4.69, 9.17) is 4.74 Å². The molecule has 0 unspecified atom stereocenters. The molecule has 0 aromatic rings. The van der Waals surface area contributed by atoms with Gasteiger partial charge in [0, 0.05) is 19.3 Å². The van der Waals surface area contributed by atoms with Gasteiger partial charge in [0.15, 0.2) is 0 Å². The van der Waals surface area contributed by atoms with Gasteiger partial charge in [-0.25, -0.2) is 0 Å². The molecule has 3 nitrogen and oxygen atoms in total. The monoisotopic (exact) mass is 170 g/mol. The van der Waals surface area contributed by atoms with Gasteiger partial charge in [-0.3, -0.25) is 9.59 Å². The second-order valence-corrected chi connectivity index (χ2v) is 3.08. The van der Waals surface area contributed by atoms with Crippen molar-refractivity contribution in [2.75, 3.05) is 0 Å². The van der Waals surface area contributed by atoms with Gasteiger partial charge in [0.25, 0.3) is 0 Å². The van der Waals surface area contributed by atoms with E-state index in [-0.39, 0.29) is 12.1 Å². The van der Waals surface area contributed by atoms with E-state index >= 15 is 0 Å². The van der Waals surface area contributed by atoms with Crippen molar-refractivity contribution in [2.45, 2.75) is 45.1 Å². The molecule has 3 heteroatoms. The van der Waals surface area contributed by atoms with Crippen LogP contribution in [0.25, 0.3) is 0 Å². The number of hydrogen-bond acceptors (Lipinski definition) is 3. The van der Waals surface area contributed by atoms with Gasteiger partial charge in [-0.15, -0.1) is 0 Å². The van der Waals surface area contributed by atoms with Crippen molar-refractivity contribution >= 4 is 11.8 Å². The van der Waals surface area contributed by atoms with E-state index in [1.165, 1.54) is 0 Å². The summed E-state index contributed by atoms with van der Waals surface area (Å²) >= 11 is 0. The van der Waals surface area contributed by atoms with Crippen molar-refractivity contribution in [1.29, 1.82) is 0 Å². The molecule has 0 N–H and O–H groups in total. The zero-order valence-corrected chi connectivity index (χ0v) is 7.34. The number of Topliss-reactive ketones (excluding diaryl/α,β-unsaturated/α-hetero) is 1. The van der Waals surface area contributed by atoms with Crippen molar-refractivity contribution in [1.82, 2.24) is 0 Å². The number of hydrogen-bond donors (Lipinski definition) is 0. The molecule has 1 rings (SSSR count). The van der Waals surface area contributed by atoms with E-state index in [1.54, 1.807) is 6.92 Å². The van der Waals surface area contributed by atoms with Crippen LogP contribution in [-0.2, 0) is 14.3 Å². The zero-order chi connectivity index (χ0) is 8.97. The maximum absolute atomic E-state index is 10.9. The Balaban J connectivity index is 2.26. The highest BCUT2D eigenvalue weighted by Gasteiger charge is 2.20. The third-order valence-corrected chi connectivity index (χ3v) is 2.08. The van der Waals surface area contributed by atoms with Gasteiger partial charge in [0.05, 0.1) is 0 Å². The summed E-state index contributed by atoms with van der Waals surface area (Å²) in [5.41, 5.74) is 0. The van der Waals surface area contributed by atoms with Gasteiger partial charge >= 0.3 is 5.97 Å². The maximum Gasteiger partial charge on any atom is 0.305 e. The summed E-state index contributed by atoms with van der Waals surface area (Å²) in [6, 6.07) is 0. The van der Waals surface area contributed by atoms with Crippen molar-refractivity contribution in [3.63, 3.8) is 0 Å². The lowest BCUT2D eigenvalue weighted by molar-refractivity contribution is -0.151. The lowest BCUT2D eigenvalue weighted by Gasteiger charge is -2.20. The molecule has 1 aliphatic carbocycles. The molecule has 1 aliphatic rings. The first-order valence-corrected chi connectivity index (χ1v) is 4.43. The van der Waals surface area contributed by atoms with Crippen LogP contribution in [0.4, 0.5) is 0 Å². The molecule has 0 aromatic heterocycles. The molecule has 0 aliphatic heterocycles. The Kier molecular flexibility index (Phi) is 3.26. The Hall–Kier alpha value is -0.860. The molecule has 0 amide bonds. The number of carbonyl (C=O) groups excluding carboxylic acids is 2. The number of carbonyl (C=O) groups is 2. The molecule has 1 saturated carbocycles. The second kappa shape index (κ2) is 4.24. The number of ether oxygens (including phenoxy) is 1. The highest BCUT2D eigenvalue weighted by atomic mass is 16.5. The highest BCUT2D eigenvalue weighted by molar-refractivity contribution is 5.79. The first-order valence-electron chi connectivity index (χ1n) is 4.43. The average molecular weight is 170 g/mol. The molecule has 68 valence electrons. The molecule has 0 atom stereocenters. The summed E-state index contributed by atoms with van der Waals surface area (Å²) in [7, 11) is 0. The van der Waals surface area contributed by atoms with Gasteiger partial charge in [-0.1, -0.05) is 6.92 Å². The summed E-state index contributed by atoms with van der Waals surface area (Å²) in [6.45, 7) is 1.77. The Morgan fingerprint density at radius 1 is 1.50 bits per heavy atom. The van der Waals surface area contributed by atoms with Crippen LogP contribution in [0.5, 0.6) is 0 Å². The molecule has 0 aromatic carbocycles. The zero-order valence-electron chi connectivity index (χ0n) is 7.34. The minimum Gasteiger partial charge on any atom is -0.462 e. The number of ketones is 1. The second-order valence-electron chi connectivity index (χ2n) is 3.08. The predicted octanol–water partition coefficient (Wildman–Crippen LogP) is 1.45. The minimum atomic E-state index is -0.158. The summed E-state index contributed by atoms with van der Waals surface area (Å²) in [4.78, 5) is 21.7. The van der Waals surface area contributed by atoms with Crippen molar-refractivity contribution in [3.05, 3.63) is 0 Å². The van der Waals surface area contributed by atoms with Crippen molar-refractivity contribution in [3.8, 4) is 0 Å². The van der Waals surface area contributed by atoms with Crippen LogP contribution < -0.4 is 0 Å². The van der Waals surface area contributed by atoms with E-state index in [2.05, 4.69) is 0 Å². The van der Waals surface area contributed by atoms with Crippen LogP contribution in [-0.4, -0.2) is 17.9 Å². The third-order valence-electron chi connectivity index (χ3n) is 2.08. The van der Waals surface area contributed by atoms with Crippen LogP contribution >= 0.6 is 0 Å². The molecular weight excluding hydrogens is 156 g/mol.